The van der Waals surface area contributed by atoms with Crippen molar-refractivity contribution in [3.8, 4) is 11.4 Å². The van der Waals surface area contributed by atoms with Crippen LogP contribution < -0.4 is 5.32 Å². The number of aromatic nitrogens is 3. The van der Waals surface area contributed by atoms with Crippen molar-refractivity contribution in [2.75, 3.05) is 12.4 Å². The fourth-order valence-electron chi connectivity index (χ4n) is 1.20. The normalized spacial score (nSPS) is 9.92. The zero-order chi connectivity index (χ0) is 9.10. The summed E-state index contributed by atoms with van der Waals surface area (Å²) in [5, 5.41) is 2.99. The summed E-state index contributed by atoms with van der Waals surface area (Å²) in [4.78, 5) is 11.5. The van der Waals surface area contributed by atoms with E-state index in [-0.39, 0.29) is 0 Å². The maximum absolute atomic E-state index is 4.24. The van der Waals surface area contributed by atoms with E-state index in [0.29, 0.717) is 0 Å². The summed E-state index contributed by atoms with van der Waals surface area (Å²) >= 11 is 0. The minimum Gasteiger partial charge on any atom is -0.371 e. The molecule has 0 spiro atoms. The van der Waals surface area contributed by atoms with Crippen LogP contribution in [0.3, 0.4) is 0 Å². The molecule has 0 fully saturated rings. The lowest BCUT2D eigenvalue weighted by molar-refractivity contribution is 1.18. The highest BCUT2D eigenvalue weighted by molar-refractivity contribution is 5.67. The van der Waals surface area contributed by atoms with E-state index < -0.39 is 0 Å². The van der Waals surface area contributed by atoms with Crippen LogP contribution in [0.2, 0.25) is 0 Å². The van der Waals surface area contributed by atoms with Gasteiger partial charge < -0.3 is 10.3 Å². The number of hydrogen-bond donors (Lipinski definition) is 2. The maximum atomic E-state index is 4.24. The Hall–Kier alpha value is -1.84. The van der Waals surface area contributed by atoms with Crippen LogP contribution in [-0.2, 0) is 0 Å². The van der Waals surface area contributed by atoms with Crippen molar-refractivity contribution < 1.29 is 0 Å². The monoisotopic (exact) mass is 174 g/mol. The van der Waals surface area contributed by atoms with E-state index in [1.165, 1.54) is 0 Å². The summed E-state index contributed by atoms with van der Waals surface area (Å²) in [6, 6.07) is 3.90. The van der Waals surface area contributed by atoms with Gasteiger partial charge in [0.15, 0.2) is 5.82 Å². The highest BCUT2D eigenvalue weighted by atomic mass is 15.0. The van der Waals surface area contributed by atoms with Gasteiger partial charge in [0.2, 0.25) is 0 Å². The smallest absolute Gasteiger partial charge is 0.153 e. The fraction of sp³-hybridized carbons (Fsp3) is 0.111. The molecule has 0 radical (unpaired) electrons. The first kappa shape index (κ1) is 7.79. The summed E-state index contributed by atoms with van der Waals surface area (Å²) in [6.07, 6.45) is 5.21. The van der Waals surface area contributed by atoms with Crippen LogP contribution in [0.15, 0.2) is 30.7 Å². The second kappa shape index (κ2) is 3.26. The van der Waals surface area contributed by atoms with Gasteiger partial charge in [-0.3, -0.25) is 0 Å². The Morgan fingerprint density at radius 2 is 2.15 bits per heavy atom. The van der Waals surface area contributed by atoms with Crippen LogP contribution in [0.25, 0.3) is 11.4 Å². The molecule has 2 rings (SSSR count). The van der Waals surface area contributed by atoms with E-state index in [2.05, 4.69) is 20.3 Å². The highest BCUT2D eigenvalue weighted by Gasteiger charge is 2.05. The molecular formula is C9H10N4. The van der Waals surface area contributed by atoms with Gasteiger partial charge in [-0.15, -0.1) is 0 Å². The minimum absolute atomic E-state index is 0.782. The SMILES string of the molecule is CNc1nccnc1-c1ccc[nH]1. The van der Waals surface area contributed by atoms with Crippen molar-refractivity contribution in [3.63, 3.8) is 0 Å². The number of H-pyrrole nitrogens is 1. The summed E-state index contributed by atoms with van der Waals surface area (Å²) in [5.74, 6) is 0.782. The molecule has 4 nitrogen and oxygen atoms in total. The first-order chi connectivity index (χ1) is 6.42. The summed E-state index contributed by atoms with van der Waals surface area (Å²) in [5.41, 5.74) is 1.81. The van der Waals surface area contributed by atoms with E-state index in [1.807, 2.05) is 25.4 Å². The molecule has 2 heterocycles. The molecule has 2 aromatic rings. The predicted octanol–water partition coefficient (Wildman–Crippen LogP) is 1.51. The Balaban J connectivity index is 2.51. The molecule has 2 aromatic heterocycles. The Labute approximate surface area is 76.1 Å². The van der Waals surface area contributed by atoms with Gasteiger partial charge in [0.25, 0.3) is 0 Å². The van der Waals surface area contributed by atoms with Crippen molar-refractivity contribution in [1.29, 1.82) is 0 Å². The van der Waals surface area contributed by atoms with Crippen molar-refractivity contribution in [1.82, 2.24) is 15.0 Å². The largest absolute Gasteiger partial charge is 0.371 e. The summed E-state index contributed by atoms with van der Waals surface area (Å²) in [7, 11) is 1.83. The summed E-state index contributed by atoms with van der Waals surface area (Å²) in [6.45, 7) is 0. The minimum atomic E-state index is 0.782. The Morgan fingerprint density at radius 3 is 2.85 bits per heavy atom. The van der Waals surface area contributed by atoms with Crippen molar-refractivity contribution in [2.45, 2.75) is 0 Å². The first-order valence-electron chi connectivity index (χ1n) is 4.04. The number of nitrogens with one attached hydrogen (secondary N) is 2. The van der Waals surface area contributed by atoms with Crippen molar-refractivity contribution >= 4 is 5.82 Å². The lowest BCUT2D eigenvalue weighted by Gasteiger charge is -2.03. The van der Waals surface area contributed by atoms with Crippen LogP contribution in [0, 0.1) is 0 Å². The molecule has 0 aliphatic rings. The molecule has 0 aromatic carbocycles. The standard InChI is InChI=1S/C9H10N4/c1-10-9-8(12-5-6-13-9)7-3-2-4-11-7/h2-6,11H,1H3,(H,10,13). The molecule has 0 unspecified atom stereocenters. The average Bonchev–Trinajstić information content (AvgIpc) is 2.70. The fourth-order valence-corrected chi connectivity index (χ4v) is 1.20. The number of nitrogens with zero attached hydrogens (tertiary/aromatic N) is 2. The van der Waals surface area contributed by atoms with Crippen molar-refractivity contribution in [3.05, 3.63) is 30.7 Å². The van der Waals surface area contributed by atoms with E-state index >= 15 is 0 Å². The molecule has 0 bridgehead atoms. The van der Waals surface area contributed by atoms with Gasteiger partial charge in [0, 0.05) is 25.6 Å². The third kappa shape index (κ3) is 1.38. The second-order valence-corrected chi connectivity index (χ2v) is 2.59. The van der Waals surface area contributed by atoms with Gasteiger partial charge in [0.05, 0.1) is 5.69 Å². The van der Waals surface area contributed by atoms with E-state index in [4.69, 9.17) is 0 Å². The third-order valence-corrected chi connectivity index (χ3v) is 1.79. The molecule has 0 saturated carbocycles. The molecule has 2 N–H and O–H groups in total. The first-order valence-corrected chi connectivity index (χ1v) is 4.04. The third-order valence-electron chi connectivity index (χ3n) is 1.79. The molecule has 0 aliphatic heterocycles. The van der Waals surface area contributed by atoms with Gasteiger partial charge in [-0.1, -0.05) is 0 Å². The number of aromatic amines is 1. The van der Waals surface area contributed by atoms with E-state index in [0.717, 1.165) is 17.2 Å². The molecular weight excluding hydrogens is 164 g/mol. The van der Waals surface area contributed by atoms with Gasteiger partial charge in [-0.05, 0) is 12.1 Å². The predicted molar refractivity (Wildman–Crippen MR) is 51.4 cm³/mol. The Kier molecular flexibility index (Phi) is 1.96. The molecule has 66 valence electrons. The van der Waals surface area contributed by atoms with Gasteiger partial charge in [-0.2, -0.15) is 0 Å². The number of anilines is 1. The maximum Gasteiger partial charge on any atom is 0.153 e. The molecule has 0 aliphatic carbocycles. The molecule has 0 amide bonds. The Morgan fingerprint density at radius 1 is 1.31 bits per heavy atom. The number of hydrogen-bond acceptors (Lipinski definition) is 3. The van der Waals surface area contributed by atoms with Crippen LogP contribution in [0.5, 0.6) is 0 Å². The van der Waals surface area contributed by atoms with Crippen LogP contribution in [-0.4, -0.2) is 22.0 Å². The second-order valence-electron chi connectivity index (χ2n) is 2.59. The van der Waals surface area contributed by atoms with Gasteiger partial charge in [0.1, 0.15) is 5.69 Å². The van der Waals surface area contributed by atoms with Gasteiger partial charge in [-0.25, -0.2) is 9.97 Å². The molecule has 13 heavy (non-hydrogen) atoms. The van der Waals surface area contributed by atoms with Gasteiger partial charge >= 0.3 is 0 Å². The molecule has 0 atom stereocenters. The zero-order valence-electron chi connectivity index (χ0n) is 7.28. The van der Waals surface area contributed by atoms with Crippen LogP contribution in [0.4, 0.5) is 5.82 Å². The average molecular weight is 174 g/mol. The van der Waals surface area contributed by atoms with Crippen LogP contribution in [0.1, 0.15) is 0 Å². The van der Waals surface area contributed by atoms with E-state index in [9.17, 15) is 0 Å². The molecule has 0 saturated heterocycles. The van der Waals surface area contributed by atoms with E-state index in [1.54, 1.807) is 12.4 Å². The summed E-state index contributed by atoms with van der Waals surface area (Å²) < 4.78 is 0. The topological polar surface area (TPSA) is 53.6 Å². The number of rotatable bonds is 2. The highest BCUT2D eigenvalue weighted by Crippen LogP contribution is 2.20. The Bertz CT molecular complexity index is 380. The quantitative estimate of drug-likeness (QED) is 0.725. The lowest BCUT2D eigenvalue weighted by Crippen LogP contribution is -1.97. The lowest BCUT2D eigenvalue weighted by atomic mass is 10.3. The van der Waals surface area contributed by atoms with Crippen LogP contribution >= 0.6 is 0 Å². The van der Waals surface area contributed by atoms with Crippen molar-refractivity contribution in [2.24, 2.45) is 0 Å². The molecule has 4 heteroatoms. The zero-order valence-corrected chi connectivity index (χ0v) is 7.28.